The van der Waals surface area contributed by atoms with E-state index in [-0.39, 0.29) is 11.3 Å². The van der Waals surface area contributed by atoms with E-state index in [1.54, 1.807) is 19.2 Å². The number of aromatic nitrogens is 1. The van der Waals surface area contributed by atoms with Crippen LogP contribution in [0.15, 0.2) is 18.3 Å². The zero-order valence-corrected chi connectivity index (χ0v) is 10.2. The predicted molar refractivity (Wildman–Crippen MR) is 63.9 cm³/mol. The molecular weight excluding hydrogens is 218 g/mol. The van der Waals surface area contributed by atoms with E-state index in [9.17, 15) is 4.79 Å². The van der Waals surface area contributed by atoms with E-state index in [2.05, 4.69) is 4.98 Å². The first-order chi connectivity index (χ1) is 8.02. The SMILES string of the molecule is CCOC(=O)c1cc2c(cn1)C=CC(C)(C)O2. The van der Waals surface area contributed by atoms with Crippen molar-refractivity contribution >= 4 is 12.0 Å². The van der Waals surface area contributed by atoms with Crippen molar-refractivity contribution in [1.82, 2.24) is 4.98 Å². The van der Waals surface area contributed by atoms with Crippen LogP contribution in [0.2, 0.25) is 0 Å². The molecule has 0 spiro atoms. The molecule has 0 amide bonds. The van der Waals surface area contributed by atoms with Crippen LogP contribution in [0.25, 0.3) is 6.08 Å². The predicted octanol–water partition coefficient (Wildman–Crippen LogP) is 2.44. The molecule has 4 heteroatoms. The van der Waals surface area contributed by atoms with Gasteiger partial charge in [-0.25, -0.2) is 9.78 Å². The lowest BCUT2D eigenvalue weighted by Crippen LogP contribution is -2.27. The Balaban J connectivity index is 2.32. The summed E-state index contributed by atoms with van der Waals surface area (Å²) >= 11 is 0. The molecule has 17 heavy (non-hydrogen) atoms. The number of esters is 1. The summed E-state index contributed by atoms with van der Waals surface area (Å²) in [5.74, 6) is 0.238. The van der Waals surface area contributed by atoms with E-state index in [1.165, 1.54) is 0 Å². The van der Waals surface area contributed by atoms with Gasteiger partial charge >= 0.3 is 5.97 Å². The van der Waals surface area contributed by atoms with Crippen molar-refractivity contribution in [1.29, 1.82) is 0 Å². The van der Waals surface area contributed by atoms with Crippen LogP contribution in [-0.2, 0) is 4.74 Å². The quantitative estimate of drug-likeness (QED) is 0.736. The van der Waals surface area contributed by atoms with Crippen LogP contribution in [0, 0.1) is 0 Å². The average molecular weight is 233 g/mol. The van der Waals surface area contributed by atoms with Crippen molar-refractivity contribution in [3.63, 3.8) is 0 Å². The molecule has 1 aliphatic rings. The standard InChI is InChI=1S/C13H15NO3/c1-4-16-12(15)10-7-11-9(8-14-10)5-6-13(2,3)17-11/h5-8H,4H2,1-3H3. The van der Waals surface area contributed by atoms with Gasteiger partial charge in [-0.15, -0.1) is 0 Å². The van der Waals surface area contributed by atoms with E-state index in [0.717, 1.165) is 5.56 Å². The van der Waals surface area contributed by atoms with Gasteiger partial charge in [0.1, 0.15) is 11.4 Å². The van der Waals surface area contributed by atoms with Gasteiger partial charge in [0.05, 0.1) is 6.61 Å². The van der Waals surface area contributed by atoms with Crippen LogP contribution in [0.5, 0.6) is 5.75 Å². The Labute approximate surface area is 100 Å². The van der Waals surface area contributed by atoms with E-state index in [0.29, 0.717) is 12.4 Å². The maximum Gasteiger partial charge on any atom is 0.357 e. The maximum absolute atomic E-state index is 11.5. The smallest absolute Gasteiger partial charge is 0.357 e. The Morgan fingerprint density at radius 1 is 1.53 bits per heavy atom. The number of hydrogen-bond donors (Lipinski definition) is 0. The van der Waals surface area contributed by atoms with Crippen LogP contribution >= 0.6 is 0 Å². The number of pyridine rings is 1. The van der Waals surface area contributed by atoms with Gasteiger partial charge in [0.2, 0.25) is 0 Å². The van der Waals surface area contributed by atoms with Gasteiger partial charge < -0.3 is 9.47 Å². The molecule has 2 rings (SSSR count). The monoisotopic (exact) mass is 233 g/mol. The molecule has 0 unspecified atom stereocenters. The Morgan fingerprint density at radius 2 is 2.29 bits per heavy atom. The van der Waals surface area contributed by atoms with Gasteiger partial charge in [0.25, 0.3) is 0 Å². The second kappa shape index (κ2) is 4.20. The largest absolute Gasteiger partial charge is 0.483 e. The summed E-state index contributed by atoms with van der Waals surface area (Å²) in [5.41, 5.74) is 0.786. The molecule has 0 atom stereocenters. The summed E-state index contributed by atoms with van der Waals surface area (Å²) in [4.78, 5) is 15.6. The fraction of sp³-hybridized carbons (Fsp3) is 0.385. The number of hydrogen-bond acceptors (Lipinski definition) is 4. The third kappa shape index (κ3) is 2.46. The lowest BCUT2D eigenvalue weighted by molar-refractivity contribution is 0.0518. The molecule has 1 aromatic rings. The lowest BCUT2D eigenvalue weighted by atomic mass is 10.0. The maximum atomic E-state index is 11.5. The van der Waals surface area contributed by atoms with Gasteiger partial charge in [-0.3, -0.25) is 0 Å². The first kappa shape index (κ1) is 11.6. The van der Waals surface area contributed by atoms with Crippen molar-refractivity contribution in [2.24, 2.45) is 0 Å². The van der Waals surface area contributed by atoms with Gasteiger partial charge in [0.15, 0.2) is 5.69 Å². The molecule has 1 aliphatic heterocycles. The molecule has 0 fully saturated rings. The summed E-state index contributed by atoms with van der Waals surface area (Å²) in [7, 11) is 0. The Kier molecular flexibility index (Phi) is 2.88. The summed E-state index contributed by atoms with van der Waals surface area (Å²) in [6.45, 7) is 6.01. The third-order valence-corrected chi connectivity index (χ3v) is 2.42. The second-order valence-corrected chi connectivity index (χ2v) is 4.37. The van der Waals surface area contributed by atoms with Gasteiger partial charge in [-0.05, 0) is 32.9 Å². The summed E-state index contributed by atoms with van der Waals surface area (Å²) in [5, 5.41) is 0. The van der Waals surface area contributed by atoms with Gasteiger partial charge in [-0.1, -0.05) is 0 Å². The highest BCUT2D eigenvalue weighted by Gasteiger charge is 2.23. The third-order valence-electron chi connectivity index (χ3n) is 2.42. The van der Waals surface area contributed by atoms with Crippen molar-refractivity contribution in [3.8, 4) is 5.75 Å². The van der Waals surface area contributed by atoms with Crippen molar-refractivity contribution in [2.75, 3.05) is 6.61 Å². The van der Waals surface area contributed by atoms with Crippen molar-refractivity contribution in [2.45, 2.75) is 26.4 Å². The normalized spacial score (nSPS) is 15.9. The second-order valence-electron chi connectivity index (χ2n) is 4.37. The minimum atomic E-state index is -0.425. The van der Waals surface area contributed by atoms with Crippen LogP contribution in [0.3, 0.4) is 0 Å². The van der Waals surface area contributed by atoms with Crippen LogP contribution in [0.4, 0.5) is 0 Å². The zero-order chi connectivity index (χ0) is 12.5. The molecule has 1 aromatic heterocycles. The molecule has 0 radical (unpaired) electrons. The minimum Gasteiger partial charge on any atom is -0.483 e. The Bertz CT molecular complexity index is 478. The molecule has 0 aliphatic carbocycles. The number of fused-ring (bicyclic) bond motifs is 1. The topological polar surface area (TPSA) is 48.4 Å². The highest BCUT2D eigenvalue weighted by molar-refractivity contribution is 5.88. The summed E-state index contributed by atoms with van der Waals surface area (Å²) < 4.78 is 10.6. The van der Waals surface area contributed by atoms with Gasteiger partial charge in [0, 0.05) is 17.8 Å². The first-order valence-corrected chi connectivity index (χ1v) is 5.57. The highest BCUT2D eigenvalue weighted by Crippen LogP contribution is 2.30. The molecule has 0 N–H and O–H groups in total. The van der Waals surface area contributed by atoms with Gasteiger partial charge in [-0.2, -0.15) is 0 Å². The number of carbonyl (C=O) groups excluding carboxylic acids is 1. The molecule has 0 saturated carbocycles. The number of rotatable bonds is 2. The fourth-order valence-electron chi connectivity index (χ4n) is 1.59. The van der Waals surface area contributed by atoms with Crippen molar-refractivity contribution < 1.29 is 14.3 Å². The molecule has 4 nitrogen and oxygen atoms in total. The van der Waals surface area contributed by atoms with Crippen LogP contribution in [0.1, 0.15) is 36.8 Å². The Hall–Kier alpha value is -1.84. The number of ether oxygens (including phenoxy) is 2. The molecule has 0 saturated heterocycles. The number of nitrogens with zero attached hydrogens (tertiary/aromatic N) is 1. The summed E-state index contributed by atoms with van der Waals surface area (Å²) in [6, 6.07) is 1.62. The van der Waals surface area contributed by atoms with Crippen LogP contribution in [-0.4, -0.2) is 23.2 Å². The molecular formula is C13H15NO3. The lowest BCUT2D eigenvalue weighted by Gasteiger charge is -2.27. The fourth-order valence-corrected chi connectivity index (χ4v) is 1.59. The summed E-state index contributed by atoms with van der Waals surface area (Å²) in [6.07, 6.45) is 5.52. The molecule has 0 bridgehead atoms. The first-order valence-electron chi connectivity index (χ1n) is 5.57. The zero-order valence-electron chi connectivity index (χ0n) is 10.2. The van der Waals surface area contributed by atoms with E-state index in [4.69, 9.17) is 9.47 Å². The average Bonchev–Trinajstić information content (AvgIpc) is 2.27. The highest BCUT2D eigenvalue weighted by atomic mass is 16.5. The Morgan fingerprint density at radius 3 is 3.00 bits per heavy atom. The minimum absolute atomic E-state index is 0.275. The molecule has 2 heterocycles. The molecule has 90 valence electrons. The number of carbonyl (C=O) groups is 1. The van der Waals surface area contributed by atoms with E-state index < -0.39 is 5.97 Å². The van der Waals surface area contributed by atoms with E-state index in [1.807, 2.05) is 26.0 Å². The van der Waals surface area contributed by atoms with Crippen LogP contribution < -0.4 is 4.74 Å². The molecule has 0 aromatic carbocycles. The van der Waals surface area contributed by atoms with E-state index >= 15 is 0 Å². The van der Waals surface area contributed by atoms with Crippen molar-refractivity contribution in [3.05, 3.63) is 29.6 Å².